The van der Waals surface area contributed by atoms with Crippen LogP contribution in [0.15, 0.2) is 29.3 Å². The molecule has 2 saturated heterocycles. The van der Waals surface area contributed by atoms with Gasteiger partial charge in [-0.05, 0) is 38.1 Å². The summed E-state index contributed by atoms with van der Waals surface area (Å²) in [6.07, 6.45) is 0. The van der Waals surface area contributed by atoms with Crippen molar-refractivity contribution in [1.82, 2.24) is 15.1 Å². The van der Waals surface area contributed by atoms with Gasteiger partial charge < -0.3 is 24.6 Å². The number of methoxy groups -OCH3 is 1. The molecule has 3 rings (SSSR count). The predicted molar refractivity (Wildman–Crippen MR) is 130 cm³/mol. The minimum Gasteiger partial charge on any atom is -0.497 e. The standard InChI is InChI=1S/C21H35N5O2.HI/c1-4-22-21(23-17-18(2)24-13-15-28-16-14-24)26-11-9-25(10-12-26)19-5-7-20(27-3)8-6-19;/h5-8,18H,4,9-17H2,1-3H3,(H,22,23);1H. The highest BCUT2D eigenvalue weighted by atomic mass is 127. The van der Waals surface area contributed by atoms with Crippen molar-refractivity contribution >= 4 is 35.6 Å². The van der Waals surface area contributed by atoms with Gasteiger partial charge in [-0.1, -0.05) is 0 Å². The summed E-state index contributed by atoms with van der Waals surface area (Å²) in [4.78, 5) is 12.2. The third kappa shape index (κ3) is 6.89. The van der Waals surface area contributed by atoms with Crippen LogP contribution in [0.3, 0.4) is 0 Å². The Kier molecular flexibility index (Phi) is 10.3. The molecule has 164 valence electrons. The van der Waals surface area contributed by atoms with Crippen LogP contribution in [0.2, 0.25) is 0 Å². The summed E-state index contributed by atoms with van der Waals surface area (Å²) in [7, 11) is 1.70. The Balaban J connectivity index is 0.00000300. The first-order valence-corrected chi connectivity index (χ1v) is 10.4. The van der Waals surface area contributed by atoms with Crippen LogP contribution in [-0.2, 0) is 4.74 Å². The van der Waals surface area contributed by atoms with E-state index in [4.69, 9.17) is 14.5 Å². The maximum atomic E-state index is 5.46. The molecule has 1 aromatic carbocycles. The summed E-state index contributed by atoms with van der Waals surface area (Å²) >= 11 is 0. The molecule has 1 atom stereocenters. The lowest BCUT2D eigenvalue weighted by Crippen LogP contribution is -2.53. The quantitative estimate of drug-likeness (QED) is 0.355. The van der Waals surface area contributed by atoms with Crippen LogP contribution >= 0.6 is 24.0 Å². The average molecular weight is 517 g/mol. The molecular formula is C21H36IN5O2. The molecule has 0 spiro atoms. The van der Waals surface area contributed by atoms with Crippen molar-refractivity contribution in [3.8, 4) is 5.75 Å². The Bertz CT molecular complexity index is 614. The van der Waals surface area contributed by atoms with Gasteiger partial charge >= 0.3 is 0 Å². The molecule has 0 aromatic heterocycles. The molecule has 1 aromatic rings. The third-order valence-electron chi connectivity index (χ3n) is 5.53. The molecular weight excluding hydrogens is 481 g/mol. The molecule has 7 nitrogen and oxygen atoms in total. The van der Waals surface area contributed by atoms with E-state index in [-0.39, 0.29) is 24.0 Å². The highest BCUT2D eigenvalue weighted by Gasteiger charge is 2.21. The fourth-order valence-corrected chi connectivity index (χ4v) is 3.75. The van der Waals surface area contributed by atoms with Crippen LogP contribution in [0.5, 0.6) is 5.75 Å². The number of ether oxygens (including phenoxy) is 2. The topological polar surface area (TPSA) is 52.6 Å². The van der Waals surface area contributed by atoms with E-state index in [2.05, 4.69) is 46.0 Å². The fraction of sp³-hybridized carbons (Fsp3) is 0.667. The Morgan fingerprint density at radius 1 is 1.10 bits per heavy atom. The fourth-order valence-electron chi connectivity index (χ4n) is 3.75. The Morgan fingerprint density at radius 3 is 2.34 bits per heavy atom. The largest absolute Gasteiger partial charge is 0.497 e. The number of morpholine rings is 1. The van der Waals surface area contributed by atoms with Crippen LogP contribution in [0, 0.1) is 0 Å². The van der Waals surface area contributed by atoms with E-state index in [0.717, 1.165) is 77.3 Å². The maximum Gasteiger partial charge on any atom is 0.194 e. The van der Waals surface area contributed by atoms with E-state index < -0.39 is 0 Å². The number of benzene rings is 1. The lowest BCUT2D eigenvalue weighted by atomic mass is 10.2. The lowest BCUT2D eigenvalue weighted by molar-refractivity contribution is 0.0220. The van der Waals surface area contributed by atoms with Crippen molar-refractivity contribution in [2.45, 2.75) is 19.9 Å². The summed E-state index contributed by atoms with van der Waals surface area (Å²) < 4.78 is 10.7. The number of anilines is 1. The lowest BCUT2D eigenvalue weighted by Gasteiger charge is -2.38. The first-order valence-electron chi connectivity index (χ1n) is 10.4. The van der Waals surface area contributed by atoms with Gasteiger partial charge in [0.25, 0.3) is 0 Å². The van der Waals surface area contributed by atoms with Crippen molar-refractivity contribution < 1.29 is 9.47 Å². The van der Waals surface area contributed by atoms with Gasteiger partial charge in [0, 0.05) is 57.5 Å². The van der Waals surface area contributed by atoms with Crippen molar-refractivity contribution in [2.24, 2.45) is 4.99 Å². The van der Waals surface area contributed by atoms with Crippen LogP contribution < -0.4 is 15.0 Å². The zero-order chi connectivity index (χ0) is 19.8. The SMILES string of the molecule is CCNC(=NCC(C)N1CCOCC1)N1CCN(c2ccc(OC)cc2)CC1.I. The molecule has 0 bridgehead atoms. The molecule has 2 heterocycles. The number of halogens is 1. The molecule has 2 fully saturated rings. The number of piperazine rings is 1. The summed E-state index contributed by atoms with van der Waals surface area (Å²) in [5.74, 6) is 1.94. The minimum atomic E-state index is 0. The van der Waals surface area contributed by atoms with Gasteiger partial charge in [-0.25, -0.2) is 0 Å². The summed E-state index contributed by atoms with van der Waals surface area (Å²) in [5.41, 5.74) is 1.25. The maximum absolute atomic E-state index is 5.46. The molecule has 0 radical (unpaired) electrons. The van der Waals surface area contributed by atoms with Gasteiger partial charge in [-0.3, -0.25) is 9.89 Å². The molecule has 1 N–H and O–H groups in total. The number of hydrogen-bond acceptors (Lipinski definition) is 5. The average Bonchev–Trinajstić information content (AvgIpc) is 2.77. The molecule has 29 heavy (non-hydrogen) atoms. The molecule has 0 amide bonds. The number of hydrogen-bond donors (Lipinski definition) is 1. The van der Waals surface area contributed by atoms with Gasteiger partial charge in [0.15, 0.2) is 5.96 Å². The van der Waals surface area contributed by atoms with Crippen LogP contribution in [0.25, 0.3) is 0 Å². The monoisotopic (exact) mass is 517 g/mol. The van der Waals surface area contributed by atoms with Crippen LogP contribution in [0.4, 0.5) is 5.69 Å². The number of nitrogens with one attached hydrogen (secondary N) is 1. The number of aliphatic imine (C=N–C) groups is 1. The minimum absolute atomic E-state index is 0. The first kappa shape index (κ1) is 24.0. The summed E-state index contributed by atoms with van der Waals surface area (Å²) in [6, 6.07) is 8.77. The molecule has 0 saturated carbocycles. The van der Waals surface area contributed by atoms with Crippen molar-refractivity contribution in [3.05, 3.63) is 24.3 Å². The van der Waals surface area contributed by atoms with E-state index in [9.17, 15) is 0 Å². The number of guanidine groups is 1. The van der Waals surface area contributed by atoms with E-state index >= 15 is 0 Å². The second-order valence-corrected chi connectivity index (χ2v) is 7.36. The highest BCUT2D eigenvalue weighted by molar-refractivity contribution is 14.0. The molecule has 2 aliphatic rings. The van der Waals surface area contributed by atoms with Gasteiger partial charge in [-0.2, -0.15) is 0 Å². The van der Waals surface area contributed by atoms with Crippen molar-refractivity contribution in [1.29, 1.82) is 0 Å². The third-order valence-corrected chi connectivity index (χ3v) is 5.53. The summed E-state index contributed by atoms with van der Waals surface area (Å²) in [5, 5.41) is 3.48. The summed E-state index contributed by atoms with van der Waals surface area (Å²) in [6.45, 7) is 13.7. The predicted octanol–water partition coefficient (Wildman–Crippen LogP) is 2.12. The second kappa shape index (κ2) is 12.4. The van der Waals surface area contributed by atoms with Gasteiger partial charge in [0.1, 0.15) is 5.75 Å². The Morgan fingerprint density at radius 2 is 1.76 bits per heavy atom. The molecule has 1 unspecified atom stereocenters. The van der Waals surface area contributed by atoms with E-state index in [1.807, 2.05) is 12.1 Å². The van der Waals surface area contributed by atoms with Gasteiger partial charge in [-0.15, -0.1) is 24.0 Å². The van der Waals surface area contributed by atoms with E-state index in [1.54, 1.807) is 7.11 Å². The Labute approximate surface area is 192 Å². The van der Waals surface area contributed by atoms with Crippen LogP contribution in [-0.4, -0.2) is 94.5 Å². The second-order valence-electron chi connectivity index (χ2n) is 7.36. The van der Waals surface area contributed by atoms with E-state index in [1.165, 1.54) is 5.69 Å². The van der Waals surface area contributed by atoms with Crippen molar-refractivity contribution in [3.63, 3.8) is 0 Å². The zero-order valence-electron chi connectivity index (χ0n) is 18.0. The Hall–Kier alpha value is -1.26. The zero-order valence-corrected chi connectivity index (χ0v) is 20.3. The van der Waals surface area contributed by atoms with Gasteiger partial charge in [0.2, 0.25) is 0 Å². The smallest absolute Gasteiger partial charge is 0.194 e. The van der Waals surface area contributed by atoms with E-state index in [0.29, 0.717) is 6.04 Å². The first-order chi connectivity index (χ1) is 13.7. The molecule has 8 heteroatoms. The molecule has 2 aliphatic heterocycles. The molecule has 0 aliphatic carbocycles. The van der Waals surface area contributed by atoms with Crippen LogP contribution in [0.1, 0.15) is 13.8 Å². The number of rotatable bonds is 6. The van der Waals surface area contributed by atoms with Gasteiger partial charge in [0.05, 0.1) is 26.9 Å². The van der Waals surface area contributed by atoms with Crippen molar-refractivity contribution in [2.75, 3.05) is 77.6 Å². The highest BCUT2D eigenvalue weighted by Crippen LogP contribution is 2.20. The number of nitrogens with zero attached hydrogens (tertiary/aromatic N) is 4. The normalized spacial score (nSPS) is 19.5.